The zero-order chi connectivity index (χ0) is 30.0. The number of carbonyl (C=O) groups is 2. The van der Waals surface area contributed by atoms with Gasteiger partial charge in [0.2, 0.25) is 21.8 Å². The lowest BCUT2D eigenvalue weighted by atomic mass is 10.0. The minimum absolute atomic E-state index is 0.0777. The van der Waals surface area contributed by atoms with Crippen LogP contribution in [0.25, 0.3) is 0 Å². The molecule has 9 heteroatoms. The number of aryl methyl sites for hydroxylation is 1. The van der Waals surface area contributed by atoms with Gasteiger partial charge in [0.05, 0.1) is 19.1 Å². The van der Waals surface area contributed by atoms with Gasteiger partial charge in [-0.2, -0.15) is 0 Å². The van der Waals surface area contributed by atoms with Crippen molar-refractivity contribution in [1.82, 2.24) is 10.2 Å². The van der Waals surface area contributed by atoms with Gasteiger partial charge in [-0.1, -0.05) is 54.6 Å². The van der Waals surface area contributed by atoms with Crippen LogP contribution in [0.4, 0.5) is 5.69 Å². The maximum absolute atomic E-state index is 13.9. The number of nitrogens with zero attached hydrogens (tertiary/aromatic N) is 2. The van der Waals surface area contributed by atoms with Crippen molar-refractivity contribution >= 4 is 27.5 Å². The third-order valence-corrected chi connectivity index (χ3v) is 8.01. The Morgan fingerprint density at radius 2 is 1.56 bits per heavy atom. The summed E-state index contributed by atoms with van der Waals surface area (Å²) in [5, 5.41) is 2.99. The number of anilines is 1. The average Bonchev–Trinajstić information content (AvgIpc) is 2.93. The molecule has 41 heavy (non-hydrogen) atoms. The average molecular weight is 580 g/mol. The minimum Gasteiger partial charge on any atom is -0.497 e. The van der Waals surface area contributed by atoms with E-state index in [0.717, 1.165) is 22.9 Å². The molecule has 0 saturated heterocycles. The van der Waals surface area contributed by atoms with Crippen molar-refractivity contribution in [2.45, 2.75) is 58.7 Å². The molecule has 2 amide bonds. The molecule has 0 aliphatic heterocycles. The Balaban J connectivity index is 1.88. The Morgan fingerprint density at radius 3 is 2.15 bits per heavy atom. The first kappa shape index (κ1) is 31.7. The van der Waals surface area contributed by atoms with Crippen LogP contribution < -0.4 is 14.4 Å². The van der Waals surface area contributed by atoms with Crippen molar-refractivity contribution in [3.05, 3.63) is 95.6 Å². The lowest BCUT2D eigenvalue weighted by Crippen LogP contribution is -2.52. The highest BCUT2D eigenvalue weighted by atomic mass is 32.2. The molecule has 0 spiro atoms. The molecule has 0 aromatic heterocycles. The van der Waals surface area contributed by atoms with Gasteiger partial charge in [0, 0.05) is 32.0 Å². The van der Waals surface area contributed by atoms with Crippen LogP contribution >= 0.6 is 0 Å². The molecule has 8 nitrogen and oxygen atoms in total. The van der Waals surface area contributed by atoms with Gasteiger partial charge in [0.1, 0.15) is 11.8 Å². The quantitative estimate of drug-likeness (QED) is 0.298. The molecule has 0 bridgehead atoms. The van der Waals surface area contributed by atoms with Crippen molar-refractivity contribution in [2.24, 2.45) is 0 Å². The lowest BCUT2D eigenvalue weighted by molar-refractivity contribution is -0.141. The van der Waals surface area contributed by atoms with E-state index >= 15 is 0 Å². The summed E-state index contributed by atoms with van der Waals surface area (Å²) < 4.78 is 31.7. The van der Waals surface area contributed by atoms with Crippen molar-refractivity contribution < 1.29 is 22.7 Å². The van der Waals surface area contributed by atoms with Crippen LogP contribution in [0.2, 0.25) is 0 Å². The lowest BCUT2D eigenvalue weighted by Gasteiger charge is -2.33. The summed E-state index contributed by atoms with van der Waals surface area (Å²) >= 11 is 0. The number of rotatable bonds is 14. The Bertz CT molecular complexity index is 1390. The predicted molar refractivity (Wildman–Crippen MR) is 163 cm³/mol. The second-order valence-electron chi connectivity index (χ2n) is 10.5. The Hall–Kier alpha value is -3.85. The molecule has 0 radical (unpaired) electrons. The second kappa shape index (κ2) is 14.7. The fraction of sp³-hybridized carbons (Fsp3) is 0.375. The summed E-state index contributed by atoms with van der Waals surface area (Å²) in [5.74, 6) is 0.186. The Morgan fingerprint density at radius 1 is 0.927 bits per heavy atom. The number of hydrogen-bond acceptors (Lipinski definition) is 5. The molecular formula is C32H41N3O5S. The summed E-state index contributed by atoms with van der Waals surface area (Å²) in [5.41, 5.74) is 3.42. The number of methoxy groups -OCH3 is 1. The molecule has 0 heterocycles. The van der Waals surface area contributed by atoms with E-state index in [4.69, 9.17) is 4.74 Å². The van der Waals surface area contributed by atoms with E-state index in [2.05, 4.69) is 5.32 Å². The zero-order valence-electron chi connectivity index (χ0n) is 24.5. The van der Waals surface area contributed by atoms with Gasteiger partial charge in [-0.15, -0.1) is 0 Å². The number of hydrogen-bond donors (Lipinski definition) is 1. The maximum Gasteiger partial charge on any atom is 0.243 e. The number of benzene rings is 3. The van der Waals surface area contributed by atoms with Gasteiger partial charge in [-0.25, -0.2) is 8.42 Å². The molecule has 1 atom stereocenters. The van der Waals surface area contributed by atoms with E-state index in [1.54, 1.807) is 36.3 Å². The van der Waals surface area contributed by atoms with Crippen LogP contribution in [0, 0.1) is 6.92 Å². The van der Waals surface area contributed by atoms with Gasteiger partial charge >= 0.3 is 0 Å². The molecule has 220 valence electrons. The van der Waals surface area contributed by atoms with E-state index in [1.807, 2.05) is 75.4 Å². The highest BCUT2D eigenvalue weighted by Gasteiger charge is 2.31. The van der Waals surface area contributed by atoms with Crippen LogP contribution in [0.3, 0.4) is 0 Å². The topological polar surface area (TPSA) is 96.0 Å². The van der Waals surface area contributed by atoms with Crippen molar-refractivity contribution in [1.29, 1.82) is 0 Å². The molecule has 3 aromatic carbocycles. The summed E-state index contributed by atoms with van der Waals surface area (Å²) in [6, 6.07) is 23.4. The van der Waals surface area contributed by atoms with Gasteiger partial charge in [0.15, 0.2) is 0 Å². The molecule has 3 aromatic rings. The third kappa shape index (κ3) is 9.35. The normalized spacial score (nSPS) is 12.0. The minimum atomic E-state index is -3.59. The number of amides is 2. The van der Waals surface area contributed by atoms with Crippen molar-refractivity contribution in [3.63, 3.8) is 0 Å². The van der Waals surface area contributed by atoms with Gasteiger partial charge in [0.25, 0.3) is 0 Å². The summed E-state index contributed by atoms with van der Waals surface area (Å²) in [6.45, 7) is 6.16. The Labute approximate surface area is 244 Å². The predicted octanol–water partition coefficient (Wildman–Crippen LogP) is 4.71. The maximum atomic E-state index is 13.9. The highest BCUT2D eigenvalue weighted by Crippen LogP contribution is 2.23. The number of nitrogens with one attached hydrogen (secondary N) is 1. The van der Waals surface area contributed by atoms with E-state index in [0.29, 0.717) is 17.9 Å². The summed E-state index contributed by atoms with van der Waals surface area (Å²) in [6.07, 6.45) is 1.87. The summed E-state index contributed by atoms with van der Waals surface area (Å²) in [7, 11) is -2.04. The van der Waals surface area contributed by atoms with E-state index < -0.39 is 16.1 Å². The first-order chi connectivity index (χ1) is 19.5. The van der Waals surface area contributed by atoms with Crippen LogP contribution in [0.5, 0.6) is 5.75 Å². The molecule has 1 unspecified atom stereocenters. The van der Waals surface area contributed by atoms with E-state index in [-0.39, 0.29) is 43.8 Å². The number of ether oxygens (including phenoxy) is 1. The molecule has 3 rings (SSSR count). The molecule has 0 aliphatic rings. The van der Waals surface area contributed by atoms with Gasteiger partial charge < -0.3 is 15.0 Å². The molecule has 1 N–H and O–H groups in total. The molecular weight excluding hydrogens is 538 g/mol. The van der Waals surface area contributed by atoms with Gasteiger partial charge in [-0.3, -0.25) is 13.9 Å². The summed E-state index contributed by atoms with van der Waals surface area (Å²) in [4.78, 5) is 29.1. The third-order valence-electron chi connectivity index (χ3n) is 6.82. The standard InChI is InChI=1S/C32H41N3O5S/c1-24(2)33-32(37)30(22-26-13-7-6-8-14-26)34(23-27-15-10-9-12-25(27)3)31(36)16-11-21-35(41(5,38)39)28-17-19-29(40-4)20-18-28/h6-10,12-15,17-20,24,30H,11,16,21-23H2,1-5H3,(H,33,37). The van der Waals surface area contributed by atoms with Gasteiger partial charge in [-0.05, 0) is 68.1 Å². The molecule has 0 saturated carbocycles. The molecule has 0 aliphatic carbocycles. The second-order valence-corrected chi connectivity index (χ2v) is 12.4. The SMILES string of the molecule is COc1ccc(N(CCCC(=O)N(Cc2ccccc2C)C(Cc2ccccc2)C(=O)NC(C)C)S(C)(=O)=O)cc1. The van der Waals surface area contributed by atoms with E-state index in [9.17, 15) is 18.0 Å². The van der Waals surface area contributed by atoms with Crippen LogP contribution in [-0.4, -0.2) is 57.1 Å². The van der Waals surface area contributed by atoms with Crippen LogP contribution in [-0.2, 0) is 32.6 Å². The van der Waals surface area contributed by atoms with Crippen molar-refractivity contribution in [3.8, 4) is 5.75 Å². The van der Waals surface area contributed by atoms with Crippen LogP contribution in [0.1, 0.15) is 43.4 Å². The van der Waals surface area contributed by atoms with Crippen LogP contribution in [0.15, 0.2) is 78.9 Å². The first-order valence-electron chi connectivity index (χ1n) is 13.8. The fourth-order valence-electron chi connectivity index (χ4n) is 4.66. The van der Waals surface area contributed by atoms with E-state index in [1.165, 1.54) is 4.31 Å². The monoisotopic (exact) mass is 579 g/mol. The first-order valence-corrected chi connectivity index (χ1v) is 15.6. The van der Waals surface area contributed by atoms with Crippen molar-refractivity contribution in [2.75, 3.05) is 24.2 Å². The molecule has 0 fully saturated rings. The highest BCUT2D eigenvalue weighted by molar-refractivity contribution is 7.92. The smallest absolute Gasteiger partial charge is 0.243 e. The number of carbonyl (C=O) groups excluding carboxylic acids is 2. The number of sulfonamides is 1. The zero-order valence-corrected chi connectivity index (χ0v) is 25.4. The largest absolute Gasteiger partial charge is 0.497 e. The fourth-order valence-corrected chi connectivity index (χ4v) is 5.62. The Kier molecular flexibility index (Phi) is 11.3.